The Hall–Kier alpha value is -0.750. The van der Waals surface area contributed by atoms with Crippen LogP contribution in [0.25, 0.3) is 0 Å². The van der Waals surface area contributed by atoms with Crippen molar-refractivity contribution in [2.45, 2.75) is 25.7 Å². The third-order valence-electron chi connectivity index (χ3n) is 1.82. The van der Waals surface area contributed by atoms with Gasteiger partial charge < -0.3 is 15.2 Å². The van der Waals surface area contributed by atoms with Crippen LogP contribution < -0.4 is 5.73 Å². The summed E-state index contributed by atoms with van der Waals surface area (Å²) in [6.07, 6.45) is 3.19. The first-order valence-corrected chi connectivity index (χ1v) is 5.96. The third kappa shape index (κ3) is 9.79. The molecular formula is C10H19NO4S. The smallest absolute Gasteiger partial charge is 0.319 e. The van der Waals surface area contributed by atoms with Crippen molar-refractivity contribution in [3.8, 4) is 0 Å². The van der Waals surface area contributed by atoms with E-state index in [-0.39, 0.29) is 25.7 Å². The maximum Gasteiger partial charge on any atom is 0.319 e. The Labute approximate surface area is 101 Å². The molecule has 0 aliphatic rings. The Morgan fingerprint density at radius 1 is 1.00 bits per heavy atom. The van der Waals surface area contributed by atoms with E-state index in [0.29, 0.717) is 6.42 Å². The number of unbranched alkanes of at least 4 members (excludes halogenated alkanes) is 2. The molecule has 0 aromatic rings. The lowest BCUT2D eigenvalue weighted by atomic mass is 10.2. The molecule has 0 atom stereocenters. The summed E-state index contributed by atoms with van der Waals surface area (Å²) < 4.78 is 9.47. The van der Waals surface area contributed by atoms with Gasteiger partial charge in [-0.3, -0.25) is 9.59 Å². The lowest BCUT2D eigenvalue weighted by Gasteiger charge is -2.05. The summed E-state index contributed by atoms with van der Waals surface area (Å²) in [7, 11) is 0. The number of ether oxygens (including phenoxy) is 2. The highest BCUT2D eigenvalue weighted by molar-refractivity contribution is 7.80. The van der Waals surface area contributed by atoms with E-state index in [0.717, 1.165) is 25.0 Å². The van der Waals surface area contributed by atoms with Gasteiger partial charge in [-0.1, -0.05) is 6.42 Å². The van der Waals surface area contributed by atoms with Gasteiger partial charge in [0.2, 0.25) is 0 Å². The average Bonchev–Trinajstić information content (AvgIpc) is 2.30. The van der Waals surface area contributed by atoms with E-state index in [1.54, 1.807) is 0 Å². The number of hydrogen-bond acceptors (Lipinski definition) is 6. The molecule has 0 unspecified atom stereocenters. The number of rotatable bonds is 9. The molecule has 0 rings (SSSR count). The summed E-state index contributed by atoms with van der Waals surface area (Å²) in [4.78, 5) is 21.7. The molecule has 0 bridgehead atoms. The van der Waals surface area contributed by atoms with Gasteiger partial charge in [0.25, 0.3) is 0 Å². The van der Waals surface area contributed by atoms with Gasteiger partial charge in [0, 0.05) is 6.42 Å². The molecule has 0 saturated carbocycles. The first-order chi connectivity index (χ1) is 7.70. The van der Waals surface area contributed by atoms with Crippen LogP contribution in [-0.2, 0) is 19.1 Å². The van der Waals surface area contributed by atoms with Crippen molar-refractivity contribution in [2.75, 3.05) is 25.5 Å². The van der Waals surface area contributed by atoms with Gasteiger partial charge in [-0.05, 0) is 18.6 Å². The van der Waals surface area contributed by atoms with Crippen LogP contribution in [0.1, 0.15) is 25.7 Å². The minimum Gasteiger partial charge on any atom is -0.462 e. The highest BCUT2D eigenvalue weighted by Crippen LogP contribution is 2.02. The first-order valence-electron chi connectivity index (χ1n) is 5.33. The normalized spacial score (nSPS) is 9.88. The van der Waals surface area contributed by atoms with Crippen LogP contribution in [0.4, 0.5) is 0 Å². The summed E-state index contributed by atoms with van der Waals surface area (Å²) in [6.45, 7) is 0.00717. The fourth-order valence-corrected chi connectivity index (χ4v) is 1.22. The fourth-order valence-electron chi connectivity index (χ4n) is 1.00. The van der Waals surface area contributed by atoms with E-state index >= 15 is 0 Å². The number of esters is 2. The van der Waals surface area contributed by atoms with Gasteiger partial charge in [0.05, 0.1) is 6.54 Å². The van der Waals surface area contributed by atoms with Crippen LogP contribution in [0.15, 0.2) is 0 Å². The van der Waals surface area contributed by atoms with Crippen molar-refractivity contribution < 1.29 is 19.1 Å². The van der Waals surface area contributed by atoms with E-state index in [4.69, 9.17) is 10.5 Å². The number of nitrogens with two attached hydrogens (primary N) is 1. The Morgan fingerprint density at radius 2 is 1.62 bits per heavy atom. The average molecular weight is 249 g/mol. The van der Waals surface area contributed by atoms with Crippen LogP contribution in [-0.4, -0.2) is 37.4 Å². The second-order valence-corrected chi connectivity index (χ2v) is 3.63. The Balaban J connectivity index is 3.27. The van der Waals surface area contributed by atoms with Crippen molar-refractivity contribution in [1.82, 2.24) is 0 Å². The van der Waals surface area contributed by atoms with Crippen LogP contribution in [0.3, 0.4) is 0 Å². The summed E-state index contributed by atoms with van der Waals surface area (Å²) in [5, 5.41) is 0. The molecule has 0 aliphatic carbocycles. The summed E-state index contributed by atoms with van der Waals surface area (Å²) in [5.74, 6) is 0.0807. The maximum absolute atomic E-state index is 11.1. The van der Waals surface area contributed by atoms with Crippen molar-refractivity contribution >= 4 is 24.6 Å². The molecule has 0 saturated heterocycles. The zero-order chi connectivity index (χ0) is 12.2. The monoisotopic (exact) mass is 249 g/mol. The number of carbonyl (C=O) groups excluding carboxylic acids is 2. The lowest BCUT2D eigenvalue weighted by Crippen LogP contribution is -2.20. The molecule has 0 aliphatic heterocycles. The fraction of sp³-hybridized carbons (Fsp3) is 0.800. The molecule has 2 N–H and O–H groups in total. The molecule has 6 heteroatoms. The lowest BCUT2D eigenvalue weighted by molar-refractivity contribution is -0.151. The van der Waals surface area contributed by atoms with Crippen molar-refractivity contribution in [1.29, 1.82) is 0 Å². The second kappa shape index (κ2) is 10.8. The Bertz CT molecular complexity index is 211. The molecule has 0 spiro atoms. The predicted octanol–water partition coefficient (Wildman–Crippen LogP) is 0.522. The predicted molar refractivity (Wildman–Crippen MR) is 63.3 cm³/mol. The molecule has 0 radical (unpaired) electrons. The maximum atomic E-state index is 11.1. The van der Waals surface area contributed by atoms with E-state index in [9.17, 15) is 9.59 Å². The molecule has 0 heterocycles. The molecule has 94 valence electrons. The molecule has 0 aromatic carbocycles. The van der Waals surface area contributed by atoms with E-state index in [2.05, 4.69) is 17.4 Å². The van der Waals surface area contributed by atoms with Crippen LogP contribution >= 0.6 is 12.6 Å². The van der Waals surface area contributed by atoms with Gasteiger partial charge in [-0.25, -0.2) is 0 Å². The Kier molecular flexibility index (Phi) is 10.3. The molecule has 0 amide bonds. The standard InChI is InChI=1S/C10H19NO4S/c11-8-10(13)15-6-5-14-9(12)4-2-1-3-7-16/h16H,1-8,11H2. The van der Waals surface area contributed by atoms with Gasteiger partial charge in [-0.15, -0.1) is 0 Å². The number of thiol groups is 1. The SMILES string of the molecule is NCC(=O)OCCOC(=O)CCCCCS. The zero-order valence-electron chi connectivity index (χ0n) is 9.31. The van der Waals surface area contributed by atoms with Gasteiger partial charge in [0.1, 0.15) is 13.2 Å². The highest BCUT2D eigenvalue weighted by Gasteiger charge is 2.03. The largest absolute Gasteiger partial charge is 0.462 e. The summed E-state index contributed by atoms with van der Waals surface area (Å²) >= 11 is 4.07. The molecule has 5 nitrogen and oxygen atoms in total. The quantitative estimate of drug-likeness (QED) is 0.354. The van der Waals surface area contributed by atoms with E-state index < -0.39 is 5.97 Å². The third-order valence-corrected chi connectivity index (χ3v) is 2.13. The minimum atomic E-state index is -0.496. The van der Waals surface area contributed by atoms with Gasteiger partial charge in [0.15, 0.2) is 0 Å². The van der Waals surface area contributed by atoms with Crippen LogP contribution in [0, 0.1) is 0 Å². The van der Waals surface area contributed by atoms with E-state index in [1.165, 1.54) is 0 Å². The summed E-state index contributed by atoms with van der Waals surface area (Å²) in [6, 6.07) is 0. The van der Waals surface area contributed by atoms with Crippen LogP contribution in [0.5, 0.6) is 0 Å². The second-order valence-electron chi connectivity index (χ2n) is 3.18. The molecule has 16 heavy (non-hydrogen) atoms. The topological polar surface area (TPSA) is 78.6 Å². The Morgan fingerprint density at radius 3 is 2.19 bits per heavy atom. The molecular weight excluding hydrogens is 230 g/mol. The van der Waals surface area contributed by atoms with Crippen molar-refractivity contribution in [3.05, 3.63) is 0 Å². The van der Waals surface area contributed by atoms with Crippen molar-refractivity contribution in [2.24, 2.45) is 5.73 Å². The minimum absolute atomic E-state index is 0.0679. The number of carbonyl (C=O) groups is 2. The van der Waals surface area contributed by atoms with Gasteiger partial charge >= 0.3 is 11.9 Å². The summed E-state index contributed by atoms with van der Waals surface area (Å²) in [5.41, 5.74) is 5.02. The van der Waals surface area contributed by atoms with Crippen molar-refractivity contribution in [3.63, 3.8) is 0 Å². The molecule has 0 aromatic heterocycles. The van der Waals surface area contributed by atoms with Gasteiger partial charge in [-0.2, -0.15) is 12.6 Å². The first kappa shape index (κ1) is 15.2. The van der Waals surface area contributed by atoms with Crippen LogP contribution in [0.2, 0.25) is 0 Å². The highest BCUT2D eigenvalue weighted by atomic mass is 32.1. The zero-order valence-corrected chi connectivity index (χ0v) is 10.2. The number of hydrogen-bond donors (Lipinski definition) is 2. The molecule has 0 fully saturated rings. The van der Waals surface area contributed by atoms with E-state index in [1.807, 2.05) is 0 Å².